The Morgan fingerprint density at radius 1 is 1.13 bits per heavy atom. The molecule has 0 bridgehead atoms. The van der Waals surface area contributed by atoms with E-state index in [2.05, 4.69) is 10.3 Å². The molecule has 0 saturated heterocycles. The normalized spacial score (nSPS) is 10.9. The Labute approximate surface area is 178 Å². The monoisotopic (exact) mass is 419 g/mol. The third kappa shape index (κ3) is 4.26. The predicted octanol–water partition coefficient (Wildman–Crippen LogP) is 4.48. The number of nitrogens with one attached hydrogen (secondary N) is 1. The van der Waals surface area contributed by atoms with E-state index in [1.165, 1.54) is 11.3 Å². The molecule has 4 aromatic rings. The smallest absolute Gasteiger partial charge is 0.340 e. The van der Waals surface area contributed by atoms with Crippen LogP contribution >= 0.6 is 11.3 Å². The molecule has 0 atom stereocenters. The lowest BCUT2D eigenvalue weighted by atomic mass is 10.2. The van der Waals surface area contributed by atoms with Gasteiger partial charge in [0.2, 0.25) is 5.91 Å². The van der Waals surface area contributed by atoms with Crippen molar-refractivity contribution in [1.82, 2.24) is 9.55 Å². The van der Waals surface area contributed by atoms with E-state index in [9.17, 15) is 9.59 Å². The fourth-order valence-corrected chi connectivity index (χ4v) is 4.04. The van der Waals surface area contributed by atoms with Crippen LogP contribution in [0.4, 0.5) is 5.69 Å². The quantitative estimate of drug-likeness (QED) is 0.468. The second kappa shape index (κ2) is 8.51. The number of benzene rings is 2. The van der Waals surface area contributed by atoms with Crippen LogP contribution in [0, 0.1) is 6.92 Å². The first-order chi connectivity index (χ1) is 14.5. The fourth-order valence-electron chi connectivity index (χ4n) is 3.26. The molecule has 7 heteroatoms. The summed E-state index contributed by atoms with van der Waals surface area (Å²) >= 11 is 1.38. The molecule has 0 aliphatic rings. The van der Waals surface area contributed by atoms with Crippen LogP contribution in [-0.4, -0.2) is 21.4 Å². The number of esters is 1. The summed E-state index contributed by atoms with van der Waals surface area (Å²) in [4.78, 5) is 29.3. The van der Waals surface area contributed by atoms with Crippen molar-refractivity contribution in [2.45, 2.75) is 20.0 Å². The van der Waals surface area contributed by atoms with Gasteiger partial charge in [-0.05, 0) is 24.6 Å². The average molecular weight is 420 g/mol. The number of nitrogens with zero attached hydrogens (tertiary/aromatic N) is 2. The van der Waals surface area contributed by atoms with E-state index in [1.807, 2.05) is 72.4 Å². The van der Waals surface area contributed by atoms with Gasteiger partial charge < -0.3 is 14.6 Å². The van der Waals surface area contributed by atoms with Crippen molar-refractivity contribution in [3.05, 3.63) is 81.9 Å². The number of hydrogen-bond donors (Lipinski definition) is 1. The maximum Gasteiger partial charge on any atom is 0.340 e. The van der Waals surface area contributed by atoms with Gasteiger partial charge in [0.05, 0.1) is 17.7 Å². The first-order valence-corrected chi connectivity index (χ1v) is 10.4. The lowest BCUT2D eigenvalue weighted by Gasteiger charge is -2.06. The van der Waals surface area contributed by atoms with Gasteiger partial charge >= 0.3 is 5.97 Å². The third-order valence-corrected chi connectivity index (χ3v) is 5.70. The van der Waals surface area contributed by atoms with E-state index >= 15 is 0 Å². The third-order valence-electron chi connectivity index (χ3n) is 4.80. The van der Waals surface area contributed by atoms with Gasteiger partial charge in [0.15, 0.2) is 0 Å². The number of rotatable bonds is 6. The molecular weight excluding hydrogens is 398 g/mol. The van der Waals surface area contributed by atoms with E-state index in [-0.39, 0.29) is 18.9 Å². The zero-order chi connectivity index (χ0) is 21.1. The van der Waals surface area contributed by atoms with Gasteiger partial charge in [-0.3, -0.25) is 4.79 Å². The van der Waals surface area contributed by atoms with E-state index in [0.29, 0.717) is 16.3 Å². The van der Waals surface area contributed by atoms with E-state index < -0.39 is 5.97 Å². The van der Waals surface area contributed by atoms with Crippen LogP contribution in [0.3, 0.4) is 0 Å². The minimum absolute atomic E-state index is 0.0674. The van der Waals surface area contributed by atoms with Crippen molar-refractivity contribution >= 4 is 39.8 Å². The summed E-state index contributed by atoms with van der Waals surface area (Å²) < 4.78 is 7.36. The second-order valence-corrected chi connectivity index (χ2v) is 7.96. The van der Waals surface area contributed by atoms with Crippen molar-refractivity contribution < 1.29 is 14.3 Å². The largest absolute Gasteiger partial charge is 0.455 e. The molecule has 0 radical (unpaired) electrons. The highest BCUT2D eigenvalue weighted by Crippen LogP contribution is 2.22. The van der Waals surface area contributed by atoms with Gasteiger partial charge in [0.25, 0.3) is 0 Å². The molecule has 152 valence electrons. The Balaban J connectivity index is 1.36. The zero-order valence-corrected chi connectivity index (χ0v) is 17.5. The Hall–Kier alpha value is -3.45. The van der Waals surface area contributed by atoms with Crippen molar-refractivity contribution in [1.29, 1.82) is 0 Å². The number of amides is 1. The molecule has 1 N–H and O–H groups in total. The predicted molar refractivity (Wildman–Crippen MR) is 118 cm³/mol. The molecule has 30 heavy (non-hydrogen) atoms. The average Bonchev–Trinajstić information content (AvgIpc) is 3.32. The summed E-state index contributed by atoms with van der Waals surface area (Å²) in [5, 5.41) is 6.25. The Morgan fingerprint density at radius 2 is 1.90 bits per heavy atom. The molecule has 0 fully saturated rings. The number of hydrogen-bond acceptors (Lipinski definition) is 5. The molecule has 0 aliphatic carbocycles. The molecule has 2 heterocycles. The Morgan fingerprint density at radius 3 is 2.73 bits per heavy atom. The zero-order valence-electron chi connectivity index (χ0n) is 16.7. The summed E-state index contributed by atoms with van der Waals surface area (Å²) in [7, 11) is 1.90. The maximum atomic E-state index is 12.5. The van der Waals surface area contributed by atoms with Crippen LogP contribution in [-0.2, 0) is 29.6 Å². The molecule has 4 rings (SSSR count). The van der Waals surface area contributed by atoms with Crippen LogP contribution in [0.25, 0.3) is 10.9 Å². The number of carbonyl (C=O) groups is 2. The summed E-state index contributed by atoms with van der Waals surface area (Å²) in [5.74, 6) is -0.517. The van der Waals surface area contributed by atoms with E-state index in [0.717, 1.165) is 22.2 Å². The Kier molecular flexibility index (Phi) is 5.63. The molecule has 0 unspecified atom stereocenters. The van der Waals surface area contributed by atoms with Gasteiger partial charge in [-0.25, -0.2) is 9.78 Å². The molecule has 0 aliphatic heterocycles. The van der Waals surface area contributed by atoms with Crippen LogP contribution < -0.4 is 5.32 Å². The highest BCUT2D eigenvalue weighted by atomic mass is 32.1. The molecular formula is C23H21N3O3S. The number of anilines is 1. The van der Waals surface area contributed by atoms with Gasteiger partial charge in [-0.15, -0.1) is 11.3 Å². The first-order valence-electron chi connectivity index (χ1n) is 9.51. The fraction of sp³-hybridized carbons (Fsp3) is 0.174. The highest BCUT2D eigenvalue weighted by Gasteiger charge is 2.16. The van der Waals surface area contributed by atoms with Crippen molar-refractivity contribution in [3.8, 4) is 0 Å². The van der Waals surface area contributed by atoms with Gasteiger partial charge in [0.1, 0.15) is 11.6 Å². The van der Waals surface area contributed by atoms with Crippen LogP contribution in [0.1, 0.15) is 26.6 Å². The number of aromatic nitrogens is 2. The minimum atomic E-state index is -0.390. The molecule has 1 amide bonds. The standard InChI is InChI=1S/C23H21N3O3S/c1-15-7-3-5-9-19(15)25-21(27)11-22-24-16(14-30-22)13-29-23(28)18-12-26(2)20-10-6-4-8-17(18)20/h3-10,12,14H,11,13H2,1-2H3,(H,25,27). The molecule has 2 aromatic carbocycles. The van der Waals surface area contributed by atoms with Gasteiger partial charge in [-0.2, -0.15) is 0 Å². The summed E-state index contributed by atoms with van der Waals surface area (Å²) in [6.07, 6.45) is 1.95. The maximum absolute atomic E-state index is 12.5. The van der Waals surface area contributed by atoms with Gasteiger partial charge in [-0.1, -0.05) is 36.4 Å². The lowest BCUT2D eigenvalue weighted by molar-refractivity contribution is -0.115. The molecule has 0 saturated carbocycles. The molecule has 2 aromatic heterocycles. The number of thiazole rings is 1. The summed E-state index contributed by atoms with van der Waals surface area (Å²) in [6.45, 7) is 2.01. The molecule has 0 spiro atoms. The molecule has 6 nitrogen and oxygen atoms in total. The first kappa shape index (κ1) is 19.8. The summed E-state index contributed by atoms with van der Waals surface area (Å²) in [6, 6.07) is 15.3. The summed E-state index contributed by atoms with van der Waals surface area (Å²) in [5.41, 5.74) is 3.93. The number of para-hydroxylation sites is 2. The van der Waals surface area contributed by atoms with Crippen molar-refractivity contribution in [2.24, 2.45) is 7.05 Å². The van der Waals surface area contributed by atoms with Crippen molar-refractivity contribution in [2.75, 3.05) is 5.32 Å². The number of ether oxygens (including phenoxy) is 1. The minimum Gasteiger partial charge on any atom is -0.455 e. The number of carbonyl (C=O) groups excluding carboxylic acids is 2. The highest BCUT2D eigenvalue weighted by molar-refractivity contribution is 7.09. The topological polar surface area (TPSA) is 73.2 Å². The van der Waals surface area contributed by atoms with E-state index in [1.54, 1.807) is 6.20 Å². The van der Waals surface area contributed by atoms with E-state index in [4.69, 9.17) is 4.74 Å². The van der Waals surface area contributed by atoms with Crippen LogP contribution in [0.15, 0.2) is 60.1 Å². The van der Waals surface area contributed by atoms with Gasteiger partial charge in [0, 0.05) is 35.2 Å². The lowest BCUT2D eigenvalue weighted by Crippen LogP contribution is -2.15. The number of aryl methyl sites for hydroxylation is 2. The second-order valence-electron chi connectivity index (χ2n) is 7.02. The van der Waals surface area contributed by atoms with Crippen LogP contribution in [0.2, 0.25) is 0 Å². The Bertz CT molecular complexity index is 1230. The SMILES string of the molecule is Cc1ccccc1NC(=O)Cc1nc(COC(=O)c2cn(C)c3ccccc23)cs1. The van der Waals surface area contributed by atoms with Crippen molar-refractivity contribution in [3.63, 3.8) is 0 Å². The number of fused-ring (bicyclic) bond motifs is 1. The van der Waals surface area contributed by atoms with Crippen LogP contribution in [0.5, 0.6) is 0 Å².